The summed E-state index contributed by atoms with van der Waals surface area (Å²) in [5.74, 6) is 0. The van der Waals surface area contributed by atoms with Crippen LogP contribution in [-0.4, -0.2) is 4.98 Å². The maximum absolute atomic E-state index is 12.7. The van der Waals surface area contributed by atoms with Crippen LogP contribution in [0.2, 0.25) is 0 Å². The number of fused-ring (bicyclic) bond motifs is 1. The first kappa shape index (κ1) is 18.1. The Bertz CT molecular complexity index is 928. The number of allylic oxidation sites excluding steroid dienone is 1. The third-order valence-electron chi connectivity index (χ3n) is 3.89. The SMILES string of the molecule is C=C(C)Nc1c[nH]c2ccc(COCc3cccc(C(F)(F)F)c3)cc12. The van der Waals surface area contributed by atoms with Crippen molar-refractivity contribution in [1.82, 2.24) is 4.98 Å². The van der Waals surface area contributed by atoms with Crippen molar-refractivity contribution in [3.05, 3.63) is 77.6 Å². The summed E-state index contributed by atoms with van der Waals surface area (Å²) >= 11 is 0. The summed E-state index contributed by atoms with van der Waals surface area (Å²) in [6.45, 7) is 6.14. The molecule has 3 aromatic rings. The Hall–Kier alpha value is -2.73. The molecule has 0 fully saturated rings. The van der Waals surface area contributed by atoms with Crippen molar-refractivity contribution in [3.63, 3.8) is 0 Å². The van der Waals surface area contributed by atoms with Gasteiger partial charge < -0.3 is 15.0 Å². The fourth-order valence-corrected chi connectivity index (χ4v) is 2.72. The molecule has 0 amide bonds. The molecule has 0 radical (unpaired) electrons. The average Bonchev–Trinajstić information content (AvgIpc) is 2.96. The van der Waals surface area contributed by atoms with Crippen molar-refractivity contribution in [1.29, 1.82) is 0 Å². The molecule has 1 heterocycles. The Morgan fingerprint density at radius 3 is 2.54 bits per heavy atom. The fourth-order valence-electron chi connectivity index (χ4n) is 2.72. The van der Waals surface area contributed by atoms with E-state index in [9.17, 15) is 13.2 Å². The zero-order chi connectivity index (χ0) is 18.7. The molecule has 2 aromatic carbocycles. The number of hydrogen-bond donors (Lipinski definition) is 2. The number of halogens is 3. The standard InChI is InChI=1S/C20H19F3N2O/c1-13(2)25-19-10-24-18-7-6-15(9-17(18)19)12-26-11-14-4-3-5-16(8-14)20(21,22)23/h3-10,24-25H,1,11-12H2,2H3. The summed E-state index contributed by atoms with van der Waals surface area (Å²) in [5, 5.41) is 4.19. The molecule has 0 unspecified atom stereocenters. The Labute approximate surface area is 149 Å². The van der Waals surface area contributed by atoms with Crippen LogP contribution >= 0.6 is 0 Å². The van der Waals surface area contributed by atoms with E-state index in [2.05, 4.69) is 16.9 Å². The minimum atomic E-state index is -4.35. The van der Waals surface area contributed by atoms with Gasteiger partial charge in [0.1, 0.15) is 0 Å². The van der Waals surface area contributed by atoms with Crippen LogP contribution in [0.4, 0.5) is 18.9 Å². The first-order valence-electron chi connectivity index (χ1n) is 8.09. The monoisotopic (exact) mass is 360 g/mol. The highest BCUT2D eigenvalue weighted by Crippen LogP contribution is 2.30. The Kier molecular flexibility index (Phi) is 5.04. The minimum absolute atomic E-state index is 0.117. The first-order chi connectivity index (χ1) is 12.3. The third-order valence-corrected chi connectivity index (χ3v) is 3.89. The lowest BCUT2D eigenvalue weighted by molar-refractivity contribution is -0.137. The molecule has 136 valence electrons. The van der Waals surface area contributed by atoms with Crippen molar-refractivity contribution < 1.29 is 17.9 Å². The number of benzene rings is 2. The number of alkyl halides is 3. The van der Waals surface area contributed by atoms with E-state index >= 15 is 0 Å². The second-order valence-corrected chi connectivity index (χ2v) is 6.18. The molecular formula is C20H19F3N2O. The number of hydrogen-bond acceptors (Lipinski definition) is 2. The smallest absolute Gasteiger partial charge is 0.372 e. The lowest BCUT2D eigenvalue weighted by atomic mass is 10.1. The lowest BCUT2D eigenvalue weighted by Gasteiger charge is -2.10. The number of H-pyrrole nitrogens is 1. The average molecular weight is 360 g/mol. The second kappa shape index (κ2) is 7.25. The molecule has 0 spiro atoms. The van der Waals surface area contributed by atoms with E-state index in [0.717, 1.165) is 40.0 Å². The van der Waals surface area contributed by atoms with Crippen LogP contribution in [0.5, 0.6) is 0 Å². The first-order valence-corrected chi connectivity index (χ1v) is 8.09. The van der Waals surface area contributed by atoms with Crippen LogP contribution in [0.15, 0.2) is 60.9 Å². The topological polar surface area (TPSA) is 37.0 Å². The van der Waals surface area contributed by atoms with E-state index in [1.54, 1.807) is 6.07 Å². The van der Waals surface area contributed by atoms with Crippen molar-refractivity contribution in [2.24, 2.45) is 0 Å². The molecule has 0 bridgehead atoms. The molecule has 3 rings (SSSR count). The second-order valence-electron chi connectivity index (χ2n) is 6.18. The Balaban J connectivity index is 1.67. The molecule has 0 aliphatic heterocycles. The normalized spacial score (nSPS) is 11.7. The molecule has 2 N–H and O–H groups in total. The minimum Gasteiger partial charge on any atom is -0.372 e. The van der Waals surface area contributed by atoms with Gasteiger partial charge in [0.25, 0.3) is 0 Å². The van der Waals surface area contributed by atoms with Crippen LogP contribution in [0, 0.1) is 0 Å². The number of aromatic nitrogens is 1. The number of ether oxygens (including phenoxy) is 1. The summed E-state index contributed by atoms with van der Waals surface area (Å²) in [7, 11) is 0. The maximum atomic E-state index is 12.7. The predicted octanol–water partition coefficient (Wildman–Crippen LogP) is 5.85. The summed E-state index contributed by atoms with van der Waals surface area (Å²) in [5.41, 5.74) is 3.50. The van der Waals surface area contributed by atoms with Gasteiger partial charge in [0.2, 0.25) is 0 Å². The molecular weight excluding hydrogens is 341 g/mol. The van der Waals surface area contributed by atoms with Gasteiger partial charge in [0.05, 0.1) is 24.5 Å². The van der Waals surface area contributed by atoms with Gasteiger partial charge in [0, 0.05) is 22.8 Å². The summed E-state index contributed by atoms with van der Waals surface area (Å²) in [4.78, 5) is 3.17. The predicted molar refractivity (Wildman–Crippen MR) is 96.7 cm³/mol. The molecule has 3 nitrogen and oxygen atoms in total. The molecule has 0 aliphatic carbocycles. The van der Waals surface area contributed by atoms with E-state index in [-0.39, 0.29) is 6.61 Å². The van der Waals surface area contributed by atoms with Crippen LogP contribution < -0.4 is 5.32 Å². The van der Waals surface area contributed by atoms with Gasteiger partial charge in [-0.15, -0.1) is 0 Å². The Morgan fingerprint density at radius 1 is 1.12 bits per heavy atom. The third kappa shape index (κ3) is 4.26. The van der Waals surface area contributed by atoms with Crippen LogP contribution in [0.3, 0.4) is 0 Å². The van der Waals surface area contributed by atoms with Gasteiger partial charge in [-0.1, -0.05) is 24.8 Å². The van der Waals surface area contributed by atoms with E-state index in [1.807, 2.05) is 31.3 Å². The van der Waals surface area contributed by atoms with Crippen molar-refractivity contribution in [2.75, 3.05) is 5.32 Å². The molecule has 0 saturated heterocycles. The number of rotatable bonds is 6. The molecule has 0 atom stereocenters. The molecule has 26 heavy (non-hydrogen) atoms. The highest BCUT2D eigenvalue weighted by atomic mass is 19.4. The van der Waals surface area contributed by atoms with Gasteiger partial charge in [-0.3, -0.25) is 0 Å². The van der Waals surface area contributed by atoms with Crippen LogP contribution in [0.25, 0.3) is 10.9 Å². The highest BCUT2D eigenvalue weighted by molar-refractivity contribution is 5.93. The lowest BCUT2D eigenvalue weighted by Crippen LogP contribution is -2.05. The van der Waals surface area contributed by atoms with E-state index in [0.29, 0.717) is 12.2 Å². The quantitative estimate of drug-likeness (QED) is 0.579. The number of anilines is 1. The van der Waals surface area contributed by atoms with E-state index in [4.69, 9.17) is 4.74 Å². The summed E-state index contributed by atoms with van der Waals surface area (Å²) < 4.78 is 43.8. The van der Waals surface area contributed by atoms with E-state index < -0.39 is 11.7 Å². The zero-order valence-corrected chi connectivity index (χ0v) is 14.3. The maximum Gasteiger partial charge on any atom is 0.416 e. The van der Waals surface area contributed by atoms with Gasteiger partial charge >= 0.3 is 6.18 Å². The molecule has 1 aromatic heterocycles. The van der Waals surface area contributed by atoms with Crippen LogP contribution in [0.1, 0.15) is 23.6 Å². The molecule has 6 heteroatoms. The largest absolute Gasteiger partial charge is 0.416 e. The highest BCUT2D eigenvalue weighted by Gasteiger charge is 2.30. The van der Waals surface area contributed by atoms with E-state index in [1.165, 1.54) is 6.07 Å². The molecule has 0 aliphatic rings. The van der Waals surface area contributed by atoms with Crippen LogP contribution in [-0.2, 0) is 24.1 Å². The Morgan fingerprint density at radius 2 is 1.85 bits per heavy atom. The number of nitrogens with one attached hydrogen (secondary N) is 2. The zero-order valence-electron chi connectivity index (χ0n) is 14.3. The summed E-state index contributed by atoms with van der Waals surface area (Å²) in [6, 6.07) is 11.0. The summed E-state index contributed by atoms with van der Waals surface area (Å²) in [6.07, 6.45) is -2.48. The fraction of sp³-hybridized carbons (Fsp3) is 0.200. The van der Waals surface area contributed by atoms with Crippen molar-refractivity contribution >= 4 is 16.6 Å². The van der Waals surface area contributed by atoms with Crippen molar-refractivity contribution in [2.45, 2.75) is 26.3 Å². The molecule has 0 saturated carbocycles. The van der Waals surface area contributed by atoms with Gasteiger partial charge in [0.15, 0.2) is 0 Å². The van der Waals surface area contributed by atoms with Crippen molar-refractivity contribution in [3.8, 4) is 0 Å². The van der Waals surface area contributed by atoms with Gasteiger partial charge in [-0.2, -0.15) is 13.2 Å². The van der Waals surface area contributed by atoms with Gasteiger partial charge in [-0.05, 0) is 42.3 Å². The number of aromatic amines is 1. The van der Waals surface area contributed by atoms with Gasteiger partial charge in [-0.25, -0.2) is 0 Å².